The van der Waals surface area contributed by atoms with Gasteiger partial charge in [0, 0.05) is 32.7 Å². The molecule has 0 amide bonds. The summed E-state index contributed by atoms with van der Waals surface area (Å²) in [7, 11) is 0. The third-order valence-corrected chi connectivity index (χ3v) is 16.5. The van der Waals surface area contributed by atoms with E-state index in [4.69, 9.17) is 15.0 Å². The van der Waals surface area contributed by atoms with Crippen molar-refractivity contribution in [1.82, 2.24) is 24.1 Å². The number of nitriles is 9. The van der Waals surface area contributed by atoms with Gasteiger partial charge in [0.15, 0.2) is 17.5 Å². The quantitative estimate of drug-likeness (QED) is 0.131. The normalized spacial score (nSPS) is 10.7. The Kier molecular flexibility index (Phi) is 13.6. The Morgan fingerprint density at radius 1 is 0.239 bits per heavy atom. The molecule has 14 nitrogen and oxygen atoms in total. The number of fused-ring (bicyclic) bond motifs is 6. The second kappa shape index (κ2) is 22.7. The van der Waals surface area contributed by atoms with E-state index in [1.54, 1.807) is 72.8 Å². The first-order valence-electron chi connectivity index (χ1n) is 28.6. The van der Waals surface area contributed by atoms with E-state index in [1.807, 2.05) is 146 Å². The van der Waals surface area contributed by atoms with Gasteiger partial charge in [0.25, 0.3) is 0 Å². The highest BCUT2D eigenvalue weighted by Gasteiger charge is 2.28. The molecule has 3 heterocycles. The summed E-state index contributed by atoms with van der Waals surface area (Å²) in [6.45, 7) is 0. The van der Waals surface area contributed by atoms with Gasteiger partial charge in [-0.25, -0.2) is 15.0 Å². The molecule has 0 N–H and O–H groups in total. The minimum atomic E-state index is 0.235. The molecule has 0 aliphatic rings. The highest BCUT2D eigenvalue weighted by molar-refractivity contribution is 6.15. The lowest BCUT2D eigenvalue weighted by molar-refractivity contribution is 1.05. The lowest BCUT2D eigenvalue weighted by Crippen LogP contribution is -2.08. The molecule has 0 atom stereocenters. The predicted molar refractivity (Wildman–Crippen MR) is 349 cm³/mol. The standard InChI is InChI=1S/C78H36N14/c79-37-46-11-19-61(57(27-46)42-84)53-15-23-69-65(33-53)66-34-54(62-20-12-47(38-80)28-58(62)43-85)16-24-70(66)91(69)73-31-50(41-83)32-74(75(73)78-89-76(51-7-3-1-4-8-51)88-77(90-78)52-9-5-2-6-10-52)92-71-25-17-55(63-21-13-48(39-81)29-59(63)44-86)35-67(71)68-36-56(18-26-72(68)92)64-22-14-49(40-82)30-60(64)45-87/h1-36H. The summed E-state index contributed by atoms with van der Waals surface area (Å²) in [4.78, 5) is 16.0. The van der Waals surface area contributed by atoms with Gasteiger partial charge in [0.1, 0.15) is 0 Å². The van der Waals surface area contributed by atoms with Gasteiger partial charge in [-0.15, -0.1) is 0 Å². The maximum absolute atomic E-state index is 11.5. The molecule has 14 rings (SSSR count). The monoisotopic (exact) mass is 1170 g/mol. The van der Waals surface area contributed by atoms with E-state index in [-0.39, 0.29) is 11.4 Å². The third kappa shape index (κ3) is 9.35. The van der Waals surface area contributed by atoms with Crippen LogP contribution < -0.4 is 0 Å². The molecule has 14 aromatic rings. The zero-order chi connectivity index (χ0) is 63.1. The topological polar surface area (TPSA) is 263 Å². The van der Waals surface area contributed by atoms with E-state index in [0.29, 0.717) is 151 Å². The molecule has 0 saturated carbocycles. The fourth-order valence-electron chi connectivity index (χ4n) is 12.2. The van der Waals surface area contributed by atoms with Crippen LogP contribution in [0.5, 0.6) is 0 Å². The predicted octanol–water partition coefficient (Wildman–Crippen LogP) is 16.6. The molecule has 0 aliphatic heterocycles. The summed E-state index contributed by atoms with van der Waals surface area (Å²) in [5.41, 5.74) is 13.3. The van der Waals surface area contributed by atoms with Crippen LogP contribution in [0.4, 0.5) is 0 Å². The Morgan fingerprint density at radius 2 is 0.522 bits per heavy atom. The van der Waals surface area contributed by atoms with E-state index in [1.165, 1.54) is 0 Å². The van der Waals surface area contributed by atoms with Gasteiger partial charge in [-0.05, 0) is 154 Å². The first-order chi connectivity index (χ1) is 45.2. The van der Waals surface area contributed by atoms with Crippen LogP contribution in [0.2, 0.25) is 0 Å². The van der Waals surface area contributed by atoms with Crippen LogP contribution in [-0.4, -0.2) is 24.1 Å². The number of aromatic nitrogens is 5. The molecule has 0 bridgehead atoms. The molecule has 11 aromatic carbocycles. The molecular weight excluding hydrogens is 1130 g/mol. The molecule has 0 fully saturated rings. The van der Waals surface area contributed by atoms with Crippen LogP contribution in [-0.2, 0) is 0 Å². The third-order valence-electron chi connectivity index (χ3n) is 16.5. The molecule has 0 unspecified atom stereocenters. The molecule has 0 saturated heterocycles. The Labute approximate surface area is 525 Å². The van der Waals surface area contributed by atoms with Crippen molar-refractivity contribution >= 4 is 43.6 Å². The van der Waals surface area contributed by atoms with Crippen LogP contribution in [0.1, 0.15) is 50.1 Å². The second-order valence-electron chi connectivity index (χ2n) is 21.6. The van der Waals surface area contributed by atoms with E-state index in [9.17, 15) is 47.4 Å². The summed E-state index contributed by atoms with van der Waals surface area (Å²) in [5.74, 6) is 0.960. The maximum atomic E-state index is 11.5. The van der Waals surface area contributed by atoms with Crippen molar-refractivity contribution in [3.05, 3.63) is 268 Å². The van der Waals surface area contributed by atoms with E-state index in [0.717, 1.165) is 21.5 Å². The van der Waals surface area contributed by atoms with E-state index in [2.05, 4.69) is 63.8 Å². The summed E-state index contributed by atoms with van der Waals surface area (Å²) < 4.78 is 4.12. The highest BCUT2D eigenvalue weighted by Crippen LogP contribution is 2.46. The van der Waals surface area contributed by atoms with Crippen molar-refractivity contribution in [1.29, 1.82) is 47.4 Å². The average Bonchev–Trinajstić information content (AvgIpc) is 1.52. The average molecular weight is 1170 g/mol. The van der Waals surface area contributed by atoms with Crippen molar-refractivity contribution in [3.8, 4) is 145 Å². The largest absolute Gasteiger partial charge is 0.308 e. The van der Waals surface area contributed by atoms with Gasteiger partial charge in [-0.1, -0.05) is 109 Å². The summed E-state index contributed by atoms with van der Waals surface area (Å²) in [6.07, 6.45) is 0. The molecule has 3 aromatic heterocycles. The van der Waals surface area contributed by atoms with Crippen molar-refractivity contribution in [2.24, 2.45) is 0 Å². The van der Waals surface area contributed by atoms with Crippen LogP contribution >= 0.6 is 0 Å². The summed E-state index contributed by atoms with van der Waals surface area (Å²) in [6, 6.07) is 86.3. The smallest absolute Gasteiger partial charge is 0.168 e. The lowest BCUT2D eigenvalue weighted by Gasteiger charge is -2.21. The van der Waals surface area contributed by atoms with Crippen molar-refractivity contribution < 1.29 is 0 Å². The fourth-order valence-corrected chi connectivity index (χ4v) is 12.2. The molecular formula is C78H36N14. The van der Waals surface area contributed by atoms with Gasteiger partial charge < -0.3 is 9.13 Å². The van der Waals surface area contributed by atoms with Crippen molar-refractivity contribution in [2.75, 3.05) is 0 Å². The molecule has 14 heteroatoms. The number of rotatable bonds is 9. The number of hydrogen-bond donors (Lipinski definition) is 0. The zero-order valence-corrected chi connectivity index (χ0v) is 48.0. The van der Waals surface area contributed by atoms with Crippen molar-refractivity contribution in [3.63, 3.8) is 0 Å². The van der Waals surface area contributed by atoms with Gasteiger partial charge in [0.05, 0.1) is 144 Å². The second-order valence-corrected chi connectivity index (χ2v) is 21.6. The molecule has 0 radical (unpaired) electrons. The Morgan fingerprint density at radius 3 is 0.793 bits per heavy atom. The van der Waals surface area contributed by atoms with Crippen LogP contribution in [0, 0.1) is 102 Å². The van der Waals surface area contributed by atoms with E-state index < -0.39 is 0 Å². The fraction of sp³-hybridized carbons (Fsp3) is 0. The van der Waals surface area contributed by atoms with Crippen LogP contribution in [0.25, 0.3) is 134 Å². The van der Waals surface area contributed by atoms with Crippen LogP contribution in [0.3, 0.4) is 0 Å². The van der Waals surface area contributed by atoms with Gasteiger partial charge in [0.2, 0.25) is 0 Å². The van der Waals surface area contributed by atoms with Gasteiger partial charge >= 0.3 is 0 Å². The zero-order valence-electron chi connectivity index (χ0n) is 48.0. The highest BCUT2D eigenvalue weighted by atomic mass is 15.1. The first-order valence-corrected chi connectivity index (χ1v) is 28.6. The van der Waals surface area contributed by atoms with Gasteiger partial charge in [-0.3, -0.25) is 0 Å². The SMILES string of the molecule is N#Cc1ccc(-c2ccc3c(c2)c2cc(-c4ccc(C#N)cc4C#N)ccc2n3-c2cc(C#N)cc(-n3c4ccc(-c5ccc(C#N)cc5C#N)cc4c4cc(-c5ccc(C#N)cc5C#N)ccc43)c2-c2nc(-c3ccccc3)nc(-c3ccccc3)n2)c(C#N)c1. The number of hydrogen-bond acceptors (Lipinski definition) is 12. The maximum Gasteiger partial charge on any atom is 0.168 e. The minimum absolute atomic E-state index is 0.235. The van der Waals surface area contributed by atoms with E-state index >= 15 is 0 Å². The number of nitrogens with zero attached hydrogens (tertiary/aromatic N) is 14. The molecule has 92 heavy (non-hydrogen) atoms. The summed E-state index contributed by atoms with van der Waals surface area (Å²) in [5, 5.41) is 95.8. The summed E-state index contributed by atoms with van der Waals surface area (Å²) >= 11 is 0. The Hall–Kier alpha value is -14.6. The minimum Gasteiger partial charge on any atom is -0.308 e. The Balaban J connectivity index is 1.14. The first kappa shape index (κ1) is 55.3. The van der Waals surface area contributed by atoms with Crippen molar-refractivity contribution in [2.45, 2.75) is 0 Å². The molecule has 0 spiro atoms. The van der Waals surface area contributed by atoms with Gasteiger partial charge in [-0.2, -0.15) is 47.4 Å². The lowest BCUT2D eigenvalue weighted by atomic mass is 9.95. The Bertz CT molecular complexity index is 5330. The number of benzene rings is 11. The molecule has 0 aliphatic carbocycles. The molecule has 418 valence electrons. The van der Waals surface area contributed by atoms with Crippen LogP contribution in [0.15, 0.2) is 218 Å².